The normalized spacial score (nSPS) is 18.0. The molecule has 23 heavy (non-hydrogen) atoms. The Hall–Kier alpha value is -1.75. The van der Waals surface area contributed by atoms with E-state index in [0.29, 0.717) is 0 Å². The average Bonchev–Trinajstić information content (AvgIpc) is 2.56. The largest absolute Gasteiger partial charge is 0.316 e. The Morgan fingerprint density at radius 2 is 1.74 bits per heavy atom. The zero-order valence-electron chi connectivity index (χ0n) is 14.1. The van der Waals surface area contributed by atoms with E-state index in [0.717, 1.165) is 32.7 Å². The molecule has 1 saturated heterocycles. The molecule has 4 heteroatoms. The van der Waals surface area contributed by atoms with Crippen molar-refractivity contribution in [3.63, 3.8) is 0 Å². The quantitative estimate of drug-likeness (QED) is 0.942. The molecule has 1 aliphatic rings. The second kappa shape index (κ2) is 7.21. The smallest absolute Gasteiger partial charge is 0.0543 e. The molecule has 1 aromatic heterocycles. The molecule has 122 valence electrons. The highest BCUT2D eigenvalue weighted by Crippen LogP contribution is 2.20. The number of hydrogen-bond acceptors (Lipinski definition) is 4. The van der Waals surface area contributed by atoms with Crippen LogP contribution in [0.2, 0.25) is 0 Å². The van der Waals surface area contributed by atoms with Crippen LogP contribution < -0.4 is 5.73 Å². The van der Waals surface area contributed by atoms with Crippen molar-refractivity contribution in [1.29, 1.82) is 0 Å². The fourth-order valence-corrected chi connectivity index (χ4v) is 3.10. The second-order valence-corrected chi connectivity index (χ2v) is 6.50. The molecule has 4 nitrogen and oxygen atoms in total. The minimum Gasteiger partial charge on any atom is -0.316 e. The van der Waals surface area contributed by atoms with Crippen molar-refractivity contribution in [3.8, 4) is 11.1 Å². The van der Waals surface area contributed by atoms with E-state index in [2.05, 4.69) is 59.0 Å². The molecule has 1 atom stereocenters. The van der Waals surface area contributed by atoms with E-state index in [1.165, 1.54) is 22.3 Å². The molecule has 0 bridgehead atoms. The van der Waals surface area contributed by atoms with Gasteiger partial charge in [-0.25, -0.2) is 0 Å². The molecular weight excluding hydrogens is 284 g/mol. The second-order valence-electron chi connectivity index (χ2n) is 6.50. The fraction of sp³-hybridized carbons (Fsp3) is 0.421. The van der Waals surface area contributed by atoms with Crippen LogP contribution in [0.3, 0.4) is 0 Å². The first-order chi connectivity index (χ1) is 11.1. The number of pyridine rings is 1. The predicted molar refractivity (Wildman–Crippen MR) is 94.9 cm³/mol. The third-order valence-electron chi connectivity index (χ3n) is 4.55. The van der Waals surface area contributed by atoms with Gasteiger partial charge in [0.25, 0.3) is 0 Å². The zero-order chi connectivity index (χ0) is 16.2. The van der Waals surface area contributed by atoms with Gasteiger partial charge in [-0.05, 0) is 36.6 Å². The SMILES string of the molecule is Cc1cncc(-c2ccc(CN3CCN(C(C)N)CC3)cc2)c1. The van der Waals surface area contributed by atoms with Gasteiger partial charge in [0.15, 0.2) is 0 Å². The summed E-state index contributed by atoms with van der Waals surface area (Å²) < 4.78 is 0. The molecule has 0 amide bonds. The highest BCUT2D eigenvalue weighted by atomic mass is 15.3. The zero-order valence-corrected chi connectivity index (χ0v) is 14.1. The Bertz CT molecular complexity index is 628. The van der Waals surface area contributed by atoms with Crippen LogP contribution in [0.1, 0.15) is 18.1 Å². The summed E-state index contributed by atoms with van der Waals surface area (Å²) in [5, 5.41) is 0. The number of benzene rings is 1. The Morgan fingerprint density at radius 1 is 1.04 bits per heavy atom. The molecule has 2 aromatic rings. The van der Waals surface area contributed by atoms with Crippen molar-refractivity contribution in [1.82, 2.24) is 14.8 Å². The van der Waals surface area contributed by atoms with E-state index in [-0.39, 0.29) is 6.17 Å². The highest BCUT2D eigenvalue weighted by molar-refractivity contribution is 5.63. The summed E-state index contributed by atoms with van der Waals surface area (Å²) >= 11 is 0. The van der Waals surface area contributed by atoms with Crippen molar-refractivity contribution in [2.75, 3.05) is 26.2 Å². The van der Waals surface area contributed by atoms with Gasteiger partial charge in [-0.3, -0.25) is 14.8 Å². The van der Waals surface area contributed by atoms with Crippen LogP contribution >= 0.6 is 0 Å². The van der Waals surface area contributed by atoms with Crippen molar-refractivity contribution < 1.29 is 0 Å². The predicted octanol–water partition coefficient (Wildman–Crippen LogP) is 2.48. The number of rotatable bonds is 4. The monoisotopic (exact) mass is 310 g/mol. The Balaban J connectivity index is 1.60. The molecule has 1 unspecified atom stereocenters. The van der Waals surface area contributed by atoms with E-state index in [1.54, 1.807) is 0 Å². The molecule has 0 spiro atoms. The third kappa shape index (κ3) is 4.16. The lowest BCUT2D eigenvalue weighted by Crippen LogP contribution is -2.51. The first kappa shape index (κ1) is 16.1. The van der Waals surface area contributed by atoms with E-state index in [4.69, 9.17) is 5.73 Å². The summed E-state index contributed by atoms with van der Waals surface area (Å²) in [6.45, 7) is 9.45. The molecule has 1 fully saturated rings. The van der Waals surface area contributed by atoms with Crippen LogP contribution in [0.5, 0.6) is 0 Å². The molecular formula is C19H26N4. The molecule has 2 N–H and O–H groups in total. The van der Waals surface area contributed by atoms with E-state index in [1.807, 2.05) is 12.4 Å². The maximum atomic E-state index is 5.95. The van der Waals surface area contributed by atoms with Gasteiger partial charge in [-0.1, -0.05) is 24.3 Å². The molecule has 1 aliphatic heterocycles. The van der Waals surface area contributed by atoms with Crippen LogP contribution in [0.25, 0.3) is 11.1 Å². The molecule has 0 radical (unpaired) electrons. The number of aromatic nitrogens is 1. The van der Waals surface area contributed by atoms with Crippen LogP contribution in [0.4, 0.5) is 0 Å². The first-order valence-electron chi connectivity index (χ1n) is 8.35. The van der Waals surface area contributed by atoms with Crippen LogP contribution in [0, 0.1) is 6.92 Å². The summed E-state index contributed by atoms with van der Waals surface area (Å²) in [6, 6.07) is 11.0. The summed E-state index contributed by atoms with van der Waals surface area (Å²) in [5.41, 5.74) is 10.9. The third-order valence-corrected chi connectivity index (χ3v) is 4.55. The standard InChI is InChI=1S/C19H26N4/c1-15-11-19(13-21-12-15)18-5-3-17(4-6-18)14-22-7-9-23(10-8-22)16(2)20/h3-6,11-13,16H,7-10,14,20H2,1-2H3. The summed E-state index contributed by atoms with van der Waals surface area (Å²) in [7, 11) is 0. The van der Waals surface area contributed by atoms with Crippen molar-refractivity contribution in [2.45, 2.75) is 26.6 Å². The van der Waals surface area contributed by atoms with E-state index < -0.39 is 0 Å². The lowest BCUT2D eigenvalue weighted by atomic mass is 10.0. The molecule has 2 heterocycles. The van der Waals surface area contributed by atoms with Gasteiger partial charge in [0, 0.05) is 50.7 Å². The van der Waals surface area contributed by atoms with E-state index in [9.17, 15) is 0 Å². The molecule has 3 rings (SSSR count). The Morgan fingerprint density at radius 3 is 2.35 bits per heavy atom. The highest BCUT2D eigenvalue weighted by Gasteiger charge is 2.18. The number of piperazine rings is 1. The minimum absolute atomic E-state index is 0.166. The topological polar surface area (TPSA) is 45.4 Å². The lowest BCUT2D eigenvalue weighted by Gasteiger charge is -2.36. The molecule has 1 aromatic carbocycles. The Kier molecular flexibility index (Phi) is 5.06. The van der Waals surface area contributed by atoms with Gasteiger partial charge >= 0.3 is 0 Å². The van der Waals surface area contributed by atoms with Crippen molar-refractivity contribution >= 4 is 0 Å². The van der Waals surface area contributed by atoms with Crippen LogP contribution in [-0.4, -0.2) is 47.1 Å². The van der Waals surface area contributed by atoms with Gasteiger partial charge in [0.05, 0.1) is 6.17 Å². The number of aryl methyl sites for hydroxylation is 1. The van der Waals surface area contributed by atoms with Gasteiger partial charge < -0.3 is 5.73 Å². The number of nitrogens with two attached hydrogens (primary N) is 1. The van der Waals surface area contributed by atoms with E-state index >= 15 is 0 Å². The maximum absolute atomic E-state index is 5.95. The summed E-state index contributed by atoms with van der Waals surface area (Å²) in [6.07, 6.45) is 3.98. The van der Waals surface area contributed by atoms with Crippen molar-refractivity contribution in [2.24, 2.45) is 5.73 Å². The molecule has 0 aliphatic carbocycles. The van der Waals surface area contributed by atoms with Gasteiger partial charge in [-0.15, -0.1) is 0 Å². The van der Waals surface area contributed by atoms with Crippen LogP contribution in [0.15, 0.2) is 42.7 Å². The summed E-state index contributed by atoms with van der Waals surface area (Å²) in [5.74, 6) is 0. The van der Waals surface area contributed by atoms with Gasteiger partial charge in [0.1, 0.15) is 0 Å². The van der Waals surface area contributed by atoms with Gasteiger partial charge in [-0.2, -0.15) is 0 Å². The minimum atomic E-state index is 0.166. The Labute approximate surface area is 138 Å². The maximum Gasteiger partial charge on any atom is 0.0543 e. The van der Waals surface area contributed by atoms with Crippen LogP contribution in [-0.2, 0) is 6.54 Å². The van der Waals surface area contributed by atoms with Gasteiger partial charge in [0.2, 0.25) is 0 Å². The lowest BCUT2D eigenvalue weighted by molar-refractivity contribution is 0.1000. The number of nitrogens with zero attached hydrogens (tertiary/aromatic N) is 3. The average molecular weight is 310 g/mol. The fourth-order valence-electron chi connectivity index (χ4n) is 3.10. The summed E-state index contributed by atoms with van der Waals surface area (Å²) in [4.78, 5) is 9.11. The van der Waals surface area contributed by atoms with Crippen molar-refractivity contribution in [3.05, 3.63) is 53.9 Å². The number of hydrogen-bond donors (Lipinski definition) is 1. The first-order valence-corrected chi connectivity index (χ1v) is 8.35. The molecule has 0 saturated carbocycles.